The number of Topliss-reactive ketones (excluding diaryl/α,β-unsaturated/α-hetero) is 1. The van der Waals surface area contributed by atoms with Crippen LogP contribution < -0.4 is 0 Å². The van der Waals surface area contributed by atoms with Crippen LogP contribution in [0, 0.1) is 0 Å². The van der Waals surface area contributed by atoms with Gasteiger partial charge in [-0.25, -0.2) is 0 Å². The van der Waals surface area contributed by atoms with Gasteiger partial charge in [-0.3, -0.25) is 4.79 Å². The average molecular weight is 133 g/mol. The topological polar surface area (TPSA) is 17.1 Å². The Kier molecular flexibility index (Phi) is 3.53. The van der Waals surface area contributed by atoms with Crippen molar-refractivity contribution in [3.8, 4) is 0 Å². The van der Waals surface area contributed by atoms with Gasteiger partial charge >= 0.3 is 0 Å². The lowest BCUT2D eigenvalue weighted by Crippen LogP contribution is -1.97. The SMILES string of the molecule is C=C(C)C(=O)CCCl. The molecule has 0 bridgehead atoms. The lowest BCUT2D eigenvalue weighted by Gasteiger charge is -1.91. The first-order valence-electron chi connectivity index (χ1n) is 2.43. The standard InChI is InChI=1S/C6H9ClO/c1-5(2)6(8)3-4-7/h1,3-4H2,2H3. The van der Waals surface area contributed by atoms with E-state index < -0.39 is 0 Å². The molecule has 0 aliphatic rings. The van der Waals surface area contributed by atoms with Crippen molar-refractivity contribution in [2.45, 2.75) is 13.3 Å². The molecule has 0 aromatic heterocycles. The van der Waals surface area contributed by atoms with Crippen molar-refractivity contribution >= 4 is 17.4 Å². The maximum Gasteiger partial charge on any atom is 0.159 e. The molecule has 0 aromatic carbocycles. The molecule has 2 heteroatoms. The van der Waals surface area contributed by atoms with Crippen LogP contribution in [0.15, 0.2) is 12.2 Å². The highest BCUT2D eigenvalue weighted by Gasteiger charge is 1.98. The first kappa shape index (κ1) is 7.70. The predicted octanol–water partition coefficient (Wildman–Crippen LogP) is 1.76. The highest BCUT2D eigenvalue weighted by molar-refractivity contribution is 6.19. The fourth-order valence-electron chi connectivity index (χ4n) is 0.299. The van der Waals surface area contributed by atoms with Gasteiger partial charge in [-0.15, -0.1) is 11.6 Å². The van der Waals surface area contributed by atoms with E-state index in [2.05, 4.69) is 6.58 Å². The third kappa shape index (κ3) is 2.80. The zero-order chi connectivity index (χ0) is 6.57. The number of carbonyl (C=O) groups is 1. The van der Waals surface area contributed by atoms with Crippen LogP contribution in [0.5, 0.6) is 0 Å². The van der Waals surface area contributed by atoms with E-state index in [9.17, 15) is 4.79 Å². The molecule has 0 rings (SSSR count). The molecule has 0 spiro atoms. The number of allylic oxidation sites excluding steroid dienone is 1. The number of rotatable bonds is 3. The molecular weight excluding hydrogens is 124 g/mol. The van der Waals surface area contributed by atoms with Gasteiger partial charge in [0.25, 0.3) is 0 Å². The fraction of sp³-hybridized carbons (Fsp3) is 0.500. The van der Waals surface area contributed by atoms with Crippen molar-refractivity contribution in [1.82, 2.24) is 0 Å². The molecule has 0 saturated carbocycles. The Hall–Kier alpha value is -0.300. The van der Waals surface area contributed by atoms with E-state index in [0.717, 1.165) is 0 Å². The minimum Gasteiger partial charge on any atom is -0.295 e. The molecule has 0 aliphatic heterocycles. The predicted molar refractivity (Wildman–Crippen MR) is 35.2 cm³/mol. The summed E-state index contributed by atoms with van der Waals surface area (Å²) in [4.78, 5) is 10.6. The van der Waals surface area contributed by atoms with Gasteiger partial charge in [0.1, 0.15) is 0 Å². The molecule has 0 unspecified atom stereocenters. The number of halogens is 1. The van der Waals surface area contributed by atoms with Crippen LogP contribution in [0.25, 0.3) is 0 Å². The van der Waals surface area contributed by atoms with Gasteiger partial charge in [0.15, 0.2) is 5.78 Å². The minimum absolute atomic E-state index is 0.0556. The number of alkyl halides is 1. The van der Waals surface area contributed by atoms with E-state index in [-0.39, 0.29) is 5.78 Å². The molecule has 8 heavy (non-hydrogen) atoms. The first-order valence-corrected chi connectivity index (χ1v) is 2.96. The molecule has 0 radical (unpaired) electrons. The van der Waals surface area contributed by atoms with Crippen LogP contribution in [0.2, 0.25) is 0 Å². The Morgan fingerprint density at radius 1 is 1.75 bits per heavy atom. The van der Waals surface area contributed by atoms with Crippen LogP contribution in [0.3, 0.4) is 0 Å². The molecule has 0 heterocycles. The highest BCUT2D eigenvalue weighted by atomic mass is 35.5. The lowest BCUT2D eigenvalue weighted by molar-refractivity contribution is -0.115. The summed E-state index contributed by atoms with van der Waals surface area (Å²) in [6, 6.07) is 0. The van der Waals surface area contributed by atoms with E-state index >= 15 is 0 Å². The number of hydrogen-bond donors (Lipinski definition) is 0. The summed E-state index contributed by atoms with van der Waals surface area (Å²) in [5.74, 6) is 0.450. The molecule has 0 saturated heterocycles. The molecule has 0 N–H and O–H groups in total. The van der Waals surface area contributed by atoms with Gasteiger partial charge in [0.2, 0.25) is 0 Å². The van der Waals surface area contributed by atoms with E-state index in [4.69, 9.17) is 11.6 Å². The summed E-state index contributed by atoms with van der Waals surface area (Å²) in [5.41, 5.74) is 0.589. The Morgan fingerprint density at radius 3 is 2.38 bits per heavy atom. The van der Waals surface area contributed by atoms with Crippen molar-refractivity contribution in [1.29, 1.82) is 0 Å². The summed E-state index contributed by atoms with van der Waals surface area (Å²) in [6.07, 6.45) is 0.414. The van der Waals surface area contributed by atoms with E-state index in [0.29, 0.717) is 17.9 Å². The third-order valence-corrected chi connectivity index (χ3v) is 0.987. The third-order valence-electron chi connectivity index (χ3n) is 0.798. The quantitative estimate of drug-likeness (QED) is 0.423. The zero-order valence-corrected chi connectivity index (χ0v) is 5.66. The van der Waals surface area contributed by atoms with Gasteiger partial charge in [-0.05, 0) is 12.5 Å². The summed E-state index contributed by atoms with van der Waals surface area (Å²) in [5, 5.41) is 0. The summed E-state index contributed by atoms with van der Waals surface area (Å²) < 4.78 is 0. The summed E-state index contributed by atoms with van der Waals surface area (Å²) >= 11 is 5.28. The van der Waals surface area contributed by atoms with Crippen molar-refractivity contribution in [3.63, 3.8) is 0 Å². The minimum atomic E-state index is 0.0556. The highest BCUT2D eigenvalue weighted by Crippen LogP contribution is 1.95. The van der Waals surface area contributed by atoms with Crippen molar-refractivity contribution in [2.75, 3.05) is 5.88 Å². The Balaban J connectivity index is 3.49. The maximum absolute atomic E-state index is 10.6. The second-order valence-electron chi connectivity index (χ2n) is 1.64. The van der Waals surface area contributed by atoms with Gasteiger partial charge in [0, 0.05) is 12.3 Å². The van der Waals surface area contributed by atoms with E-state index in [1.807, 2.05) is 0 Å². The van der Waals surface area contributed by atoms with Crippen LogP contribution in [-0.2, 0) is 4.79 Å². The van der Waals surface area contributed by atoms with Gasteiger partial charge in [-0.2, -0.15) is 0 Å². The zero-order valence-electron chi connectivity index (χ0n) is 4.91. The maximum atomic E-state index is 10.6. The molecule has 0 amide bonds. The van der Waals surface area contributed by atoms with Crippen molar-refractivity contribution in [2.24, 2.45) is 0 Å². The van der Waals surface area contributed by atoms with Crippen molar-refractivity contribution < 1.29 is 4.79 Å². The van der Waals surface area contributed by atoms with Crippen molar-refractivity contribution in [3.05, 3.63) is 12.2 Å². The number of ketones is 1. The monoisotopic (exact) mass is 132 g/mol. The Morgan fingerprint density at radius 2 is 2.25 bits per heavy atom. The first-order chi connectivity index (χ1) is 3.68. The molecule has 0 aromatic rings. The molecule has 0 aliphatic carbocycles. The molecule has 46 valence electrons. The summed E-state index contributed by atoms with van der Waals surface area (Å²) in [6.45, 7) is 5.15. The van der Waals surface area contributed by atoms with Gasteiger partial charge in [0.05, 0.1) is 0 Å². The van der Waals surface area contributed by atoms with Crippen LogP contribution >= 0.6 is 11.6 Å². The molecular formula is C6H9ClO. The average Bonchev–Trinajstić information content (AvgIpc) is 1.67. The van der Waals surface area contributed by atoms with E-state index in [1.165, 1.54) is 0 Å². The van der Waals surface area contributed by atoms with Crippen LogP contribution in [0.1, 0.15) is 13.3 Å². The van der Waals surface area contributed by atoms with Crippen LogP contribution in [-0.4, -0.2) is 11.7 Å². The van der Waals surface area contributed by atoms with Crippen LogP contribution in [0.4, 0.5) is 0 Å². The Bertz CT molecular complexity index is 107. The molecule has 1 nitrogen and oxygen atoms in total. The number of hydrogen-bond acceptors (Lipinski definition) is 1. The largest absolute Gasteiger partial charge is 0.295 e. The van der Waals surface area contributed by atoms with E-state index in [1.54, 1.807) is 6.92 Å². The smallest absolute Gasteiger partial charge is 0.159 e. The second-order valence-corrected chi connectivity index (χ2v) is 2.02. The number of carbonyl (C=O) groups excluding carboxylic acids is 1. The molecule has 0 atom stereocenters. The molecule has 0 fully saturated rings. The second kappa shape index (κ2) is 3.67. The summed E-state index contributed by atoms with van der Waals surface area (Å²) in [7, 11) is 0. The van der Waals surface area contributed by atoms with Gasteiger partial charge < -0.3 is 0 Å². The lowest BCUT2D eigenvalue weighted by atomic mass is 10.2. The normalized spacial score (nSPS) is 8.75. The van der Waals surface area contributed by atoms with Gasteiger partial charge in [-0.1, -0.05) is 6.58 Å². The Labute approximate surface area is 54.3 Å². The fourth-order valence-corrected chi connectivity index (χ4v) is 0.471.